The Bertz CT molecular complexity index is 1100. The number of hydrogen-bond acceptors (Lipinski definition) is 5. The molecule has 0 fully saturated rings. The number of pyridine rings is 1. The van der Waals surface area contributed by atoms with Gasteiger partial charge in [-0.3, -0.25) is 9.78 Å². The van der Waals surface area contributed by atoms with Crippen molar-refractivity contribution in [2.24, 2.45) is 5.10 Å². The van der Waals surface area contributed by atoms with E-state index in [1.54, 1.807) is 73.1 Å². The van der Waals surface area contributed by atoms with E-state index in [9.17, 15) is 13.2 Å². The number of sulfonamides is 1. The number of aryl methyl sites for hydroxylation is 1. The Morgan fingerprint density at radius 2 is 1.70 bits per heavy atom. The molecule has 0 saturated carbocycles. The second-order valence-electron chi connectivity index (χ2n) is 6.68. The minimum Gasteiger partial charge on any atom is -0.273 e. The summed E-state index contributed by atoms with van der Waals surface area (Å²) < 4.78 is 28.3. The van der Waals surface area contributed by atoms with E-state index in [0.29, 0.717) is 5.56 Å². The average molecular weight is 423 g/mol. The van der Waals surface area contributed by atoms with Crippen molar-refractivity contribution in [3.63, 3.8) is 0 Å². The van der Waals surface area contributed by atoms with Crippen LogP contribution in [0.15, 0.2) is 89.1 Å². The number of nitrogens with one attached hydrogen (secondary N) is 2. The van der Waals surface area contributed by atoms with Crippen LogP contribution in [0.2, 0.25) is 0 Å². The summed E-state index contributed by atoms with van der Waals surface area (Å²) >= 11 is 0. The Balaban J connectivity index is 1.73. The first-order valence-corrected chi connectivity index (χ1v) is 10.8. The molecular weight excluding hydrogens is 400 g/mol. The van der Waals surface area contributed by atoms with Gasteiger partial charge in [-0.1, -0.05) is 48.0 Å². The molecule has 3 rings (SSSR count). The van der Waals surface area contributed by atoms with Gasteiger partial charge in [0.25, 0.3) is 0 Å². The van der Waals surface area contributed by atoms with Gasteiger partial charge in [-0.2, -0.15) is 5.10 Å². The van der Waals surface area contributed by atoms with Gasteiger partial charge >= 0.3 is 0 Å². The number of nitrogens with zero attached hydrogens (tertiary/aromatic N) is 2. The third-order valence-corrected chi connectivity index (χ3v) is 5.82. The van der Waals surface area contributed by atoms with Crippen LogP contribution in [0.5, 0.6) is 0 Å². The maximum Gasteiger partial charge on any atom is 0.242 e. The molecule has 0 radical (unpaired) electrons. The topological polar surface area (TPSA) is 101 Å². The molecule has 0 aliphatic heterocycles. The maximum atomic E-state index is 12.8. The summed E-state index contributed by atoms with van der Waals surface area (Å²) in [7, 11) is -3.81. The van der Waals surface area contributed by atoms with Crippen LogP contribution in [-0.2, 0) is 14.8 Å². The quantitative estimate of drug-likeness (QED) is 0.430. The lowest BCUT2D eigenvalue weighted by atomic mass is 10.0. The average Bonchev–Trinajstić information content (AvgIpc) is 2.75. The van der Waals surface area contributed by atoms with Crippen molar-refractivity contribution in [3.8, 4) is 0 Å². The van der Waals surface area contributed by atoms with Crippen molar-refractivity contribution in [2.45, 2.75) is 24.3 Å². The van der Waals surface area contributed by atoms with Crippen LogP contribution in [0.4, 0.5) is 0 Å². The van der Waals surface area contributed by atoms with E-state index in [4.69, 9.17) is 0 Å². The summed E-state index contributed by atoms with van der Waals surface area (Å²) in [6, 6.07) is 18.3. The van der Waals surface area contributed by atoms with Gasteiger partial charge in [-0.05, 0) is 42.3 Å². The fraction of sp³-hybridized carbons (Fsp3) is 0.136. The van der Waals surface area contributed by atoms with Crippen molar-refractivity contribution in [1.29, 1.82) is 0 Å². The predicted molar refractivity (Wildman–Crippen MR) is 115 cm³/mol. The second kappa shape index (κ2) is 9.91. The molecule has 0 spiro atoms. The second-order valence-corrected chi connectivity index (χ2v) is 8.39. The van der Waals surface area contributed by atoms with E-state index < -0.39 is 22.0 Å². The predicted octanol–water partition coefficient (Wildman–Crippen LogP) is 2.95. The van der Waals surface area contributed by atoms with Gasteiger partial charge in [-0.25, -0.2) is 18.6 Å². The first kappa shape index (κ1) is 21.4. The summed E-state index contributed by atoms with van der Waals surface area (Å²) in [5, 5.41) is 3.92. The Morgan fingerprint density at radius 1 is 1.03 bits per heavy atom. The van der Waals surface area contributed by atoms with Crippen LogP contribution in [0.3, 0.4) is 0 Å². The molecule has 0 bridgehead atoms. The molecule has 1 aromatic heterocycles. The molecule has 0 aliphatic rings. The van der Waals surface area contributed by atoms with Crippen LogP contribution in [0.25, 0.3) is 0 Å². The molecule has 154 valence electrons. The minimum atomic E-state index is -3.81. The van der Waals surface area contributed by atoms with Crippen molar-refractivity contribution in [1.82, 2.24) is 15.1 Å². The highest BCUT2D eigenvalue weighted by molar-refractivity contribution is 7.89. The Labute approximate surface area is 175 Å². The molecular formula is C22H22N4O3S. The number of hydrazone groups is 1. The van der Waals surface area contributed by atoms with E-state index in [1.165, 1.54) is 6.21 Å². The first-order chi connectivity index (χ1) is 14.4. The minimum absolute atomic E-state index is 0.108. The van der Waals surface area contributed by atoms with Gasteiger partial charge in [0.05, 0.1) is 17.2 Å². The lowest BCUT2D eigenvalue weighted by molar-refractivity contribution is -0.121. The Kier molecular flexibility index (Phi) is 7.05. The number of amides is 1. The van der Waals surface area contributed by atoms with Gasteiger partial charge in [0.1, 0.15) is 0 Å². The van der Waals surface area contributed by atoms with E-state index in [2.05, 4.69) is 20.2 Å². The summed E-state index contributed by atoms with van der Waals surface area (Å²) in [5.74, 6) is -0.416. The zero-order valence-electron chi connectivity index (χ0n) is 16.4. The molecule has 3 aromatic rings. The number of rotatable bonds is 8. The van der Waals surface area contributed by atoms with Crippen LogP contribution in [-0.4, -0.2) is 25.5 Å². The summed E-state index contributed by atoms with van der Waals surface area (Å²) in [5.41, 5.74) is 4.86. The highest BCUT2D eigenvalue weighted by Crippen LogP contribution is 2.20. The van der Waals surface area contributed by atoms with Crippen LogP contribution in [0.1, 0.15) is 29.2 Å². The van der Waals surface area contributed by atoms with Crippen molar-refractivity contribution in [2.75, 3.05) is 0 Å². The lowest BCUT2D eigenvalue weighted by Gasteiger charge is -2.18. The molecule has 1 amide bonds. The molecule has 1 atom stereocenters. The third kappa shape index (κ3) is 6.07. The highest BCUT2D eigenvalue weighted by atomic mass is 32.2. The van der Waals surface area contributed by atoms with E-state index in [1.807, 2.05) is 13.0 Å². The molecule has 8 heteroatoms. The maximum absolute atomic E-state index is 12.8. The van der Waals surface area contributed by atoms with Crippen LogP contribution >= 0.6 is 0 Å². The number of hydrogen-bond donors (Lipinski definition) is 2. The van der Waals surface area contributed by atoms with Crippen LogP contribution in [0, 0.1) is 6.92 Å². The lowest BCUT2D eigenvalue weighted by Crippen LogP contribution is -2.32. The number of aromatic nitrogens is 1. The van der Waals surface area contributed by atoms with Gasteiger partial charge < -0.3 is 0 Å². The van der Waals surface area contributed by atoms with E-state index >= 15 is 0 Å². The highest BCUT2D eigenvalue weighted by Gasteiger charge is 2.23. The monoisotopic (exact) mass is 422 g/mol. The zero-order chi connectivity index (χ0) is 21.4. The van der Waals surface area contributed by atoms with Crippen molar-refractivity contribution < 1.29 is 13.2 Å². The molecule has 1 heterocycles. The molecule has 0 saturated heterocycles. The zero-order valence-corrected chi connectivity index (χ0v) is 17.2. The standard InChI is InChI=1S/C22H22N4O3S/c1-17-7-9-20(10-8-17)30(28,29)26-21(19-5-3-2-4-6-19)15-22(27)25-24-16-18-11-13-23-14-12-18/h2-14,16,21,26H,15H2,1H3,(H,25,27)/b24-16-/t21-/m1/s1. The largest absolute Gasteiger partial charge is 0.273 e. The van der Waals surface area contributed by atoms with E-state index in [-0.39, 0.29) is 11.3 Å². The number of carbonyl (C=O) groups is 1. The molecule has 2 aromatic carbocycles. The summed E-state index contributed by atoms with van der Waals surface area (Å²) in [6.07, 6.45) is 4.62. The molecule has 0 unspecified atom stereocenters. The van der Waals surface area contributed by atoms with Gasteiger partial charge in [0, 0.05) is 18.8 Å². The number of carbonyl (C=O) groups excluding carboxylic acids is 1. The van der Waals surface area contributed by atoms with Gasteiger partial charge in [0.2, 0.25) is 15.9 Å². The SMILES string of the molecule is Cc1ccc(S(=O)(=O)N[C@H](CC(=O)N/N=C\c2ccncc2)c2ccccc2)cc1. The molecule has 0 aliphatic carbocycles. The van der Waals surface area contributed by atoms with Crippen molar-refractivity contribution in [3.05, 3.63) is 95.8 Å². The van der Waals surface area contributed by atoms with Crippen LogP contribution < -0.4 is 10.1 Å². The Morgan fingerprint density at radius 3 is 2.37 bits per heavy atom. The molecule has 2 N–H and O–H groups in total. The summed E-state index contributed by atoms with van der Waals surface area (Å²) in [6.45, 7) is 1.88. The Hall–Kier alpha value is -3.36. The fourth-order valence-corrected chi connectivity index (χ4v) is 3.97. The van der Waals surface area contributed by atoms with Gasteiger partial charge in [-0.15, -0.1) is 0 Å². The third-order valence-electron chi connectivity index (χ3n) is 4.33. The molecule has 7 nitrogen and oxygen atoms in total. The van der Waals surface area contributed by atoms with E-state index in [0.717, 1.165) is 11.1 Å². The van der Waals surface area contributed by atoms with Crippen molar-refractivity contribution >= 4 is 22.1 Å². The fourth-order valence-electron chi connectivity index (χ4n) is 2.75. The summed E-state index contributed by atoms with van der Waals surface area (Å²) in [4.78, 5) is 16.5. The van der Waals surface area contributed by atoms with Gasteiger partial charge in [0.15, 0.2) is 0 Å². The molecule has 30 heavy (non-hydrogen) atoms. The normalized spacial score (nSPS) is 12.6. The number of benzene rings is 2. The smallest absolute Gasteiger partial charge is 0.242 e. The first-order valence-electron chi connectivity index (χ1n) is 9.30.